The summed E-state index contributed by atoms with van der Waals surface area (Å²) in [4.78, 5) is 21.3. The van der Waals surface area contributed by atoms with Crippen LogP contribution >= 0.6 is 22.7 Å². The van der Waals surface area contributed by atoms with Crippen molar-refractivity contribution in [3.63, 3.8) is 0 Å². The van der Waals surface area contributed by atoms with Crippen LogP contribution < -0.4 is 16.8 Å². The van der Waals surface area contributed by atoms with Gasteiger partial charge in [-0.1, -0.05) is 0 Å². The van der Waals surface area contributed by atoms with Gasteiger partial charge in [-0.3, -0.25) is 4.79 Å². The van der Waals surface area contributed by atoms with Crippen molar-refractivity contribution in [1.82, 2.24) is 19.9 Å². The summed E-state index contributed by atoms with van der Waals surface area (Å²) in [5.41, 5.74) is 13.4. The average molecular weight is 403 g/mol. The fraction of sp³-hybridized carbons (Fsp3) is 0.188. The topological polar surface area (TPSA) is 160 Å². The maximum absolute atomic E-state index is 12.7. The van der Waals surface area contributed by atoms with E-state index in [4.69, 9.17) is 22.3 Å². The highest BCUT2D eigenvalue weighted by molar-refractivity contribution is 7.19. The maximum atomic E-state index is 12.7. The molecule has 27 heavy (non-hydrogen) atoms. The minimum Gasteiger partial charge on any atom is -0.405 e. The Labute approximate surface area is 162 Å². The van der Waals surface area contributed by atoms with Gasteiger partial charge in [0.2, 0.25) is 0 Å². The standard InChI is InChI=1S/C16H18N8OS2/c1-24-12(15(25)21-6-9-7-26-16(20)22-9)10(5-18)13-14(24)23-11(27-13)4-8(19)2-3-17/h2-3,5,7,18-19H,4,6,17H2,1H3,(H2,20,22)(H,21,25)/b3-2-,18-5?,19-8?. The molecule has 3 aromatic heterocycles. The third-order valence-electron chi connectivity index (χ3n) is 3.80. The van der Waals surface area contributed by atoms with Gasteiger partial charge in [-0.2, -0.15) is 0 Å². The third kappa shape index (κ3) is 3.73. The number of allylic oxidation sites excluding steroid dienone is 1. The number of carbonyl (C=O) groups is 1. The molecule has 1 amide bonds. The van der Waals surface area contributed by atoms with E-state index in [2.05, 4.69) is 15.3 Å². The van der Waals surface area contributed by atoms with Crippen LogP contribution in [0.1, 0.15) is 26.8 Å². The molecule has 0 bridgehead atoms. The SMILES string of the molecule is Cn1c(C(=O)NCc2csc(N)n2)c(C=N)c2sc(CC(=N)/C=C\N)nc21. The van der Waals surface area contributed by atoms with Gasteiger partial charge < -0.3 is 32.2 Å². The number of thiazole rings is 2. The Morgan fingerprint density at radius 2 is 2.22 bits per heavy atom. The lowest BCUT2D eigenvalue weighted by Crippen LogP contribution is -2.26. The van der Waals surface area contributed by atoms with Crippen LogP contribution in [0.5, 0.6) is 0 Å². The van der Waals surface area contributed by atoms with Gasteiger partial charge in [0.05, 0.1) is 16.9 Å². The Kier molecular flexibility index (Phi) is 5.33. The zero-order valence-corrected chi connectivity index (χ0v) is 16.1. The summed E-state index contributed by atoms with van der Waals surface area (Å²) in [6.45, 7) is 0.254. The maximum Gasteiger partial charge on any atom is 0.269 e. The Hall–Kier alpha value is -3.05. The fourth-order valence-corrected chi connectivity index (χ4v) is 4.33. The van der Waals surface area contributed by atoms with Crippen LogP contribution in [0.25, 0.3) is 10.3 Å². The lowest BCUT2D eigenvalue weighted by atomic mass is 10.2. The van der Waals surface area contributed by atoms with Crippen LogP contribution in [0, 0.1) is 10.8 Å². The number of nitrogens with zero attached hydrogens (tertiary/aromatic N) is 3. The second-order valence-electron chi connectivity index (χ2n) is 5.65. The van der Waals surface area contributed by atoms with E-state index >= 15 is 0 Å². The van der Waals surface area contributed by atoms with Crippen LogP contribution in [-0.2, 0) is 20.0 Å². The van der Waals surface area contributed by atoms with Gasteiger partial charge >= 0.3 is 0 Å². The zero-order chi connectivity index (χ0) is 19.6. The quantitative estimate of drug-likeness (QED) is 0.379. The molecule has 0 aliphatic rings. The molecule has 3 aromatic rings. The highest BCUT2D eigenvalue weighted by Gasteiger charge is 2.23. The predicted molar refractivity (Wildman–Crippen MR) is 109 cm³/mol. The largest absolute Gasteiger partial charge is 0.405 e. The highest BCUT2D eigenvalue weighted by atomic mass is 32.1. The Balaban J connectivity index is 1.87. The summed E-state index contributed by atoms with van der Waals surface area (Å²) in [5, 5.41) is 21.3. The lowest BCUT2D eigenvalue weighted by Gasteiger charge is -2.06. The first kappa shape index (κ1) is 18.7. The van der Waals surface area contributed by atoms with Gasteiger partial charge in [-0.25, -0.2) is 9.97 Å². The van der Waals surface area contributed by atoms with Crippen LogP contribution in [0.2, 0.25) is 0 Å². The Bertz CT molecular complexity index is 1060. The van der Waals surface area contributed by atoms with Crippen molar-refractivity contribution in [3.05, 3.63) is 39.6 Å². The monoisotopic (exact) mass is 402 g/mol. The lowest BCUT2D eigenvalue weighted by molar-refractivity contribution is 0.0942. The molecular formula is C16H18N8OS2. The van der Waals surface area contributed by atoms with Crippen molar-refractivity contribution in [1.29, 1.82) is 10.8 Å². The molecule has 7 N–H and O–H groups in total. The van der Waals surface area contributed by atoms with E-state index in [1.165, 1.54) is 34.9 Å². The summed E-state index contributed by atoms with van der Waals surface area (Å²) in [7, 11) is 1.74. The molecule has 0 saturated heterocycles. The van der Waals surface area contributed by atoms with Crippen LogP contribution in [0.15, 0.2) is 17.7 Å². The number of carbonyl (C=O) groups excluding carboxylic acids is 1. The van der Waals surface area contributed by atoms with Crippen LogP contribution in [0.4, 0.5) is 5.13 Å². The molecule has 3 heterocycles. The van der Waals surface area contributed by atoms with Crippen molar-refractivity contribution in [3.8, 4) is 0 Å². The molecule has 11 heteroatoms. The first-order valence-corrected chi connectivity index (χ1v) is 9.56. The van der Waals surface area contributed by atoms with E-state index in [-0.39, 0.29) is 12.5 Å². The summed E-state index contributed by atoms with van der Waals surface area (Å²) >= 11 is 2.68. The molecule has 0 atom stereocenters. The first-order chi connectivity index (χ1) is 12.9. The van der Waals surface area contributed by atoms with Crippen molar-refractivity contribution in [2.45, 2.75) is 13.0 Å². The third-order valence-corrected chi connectivity index (χ3v) is 5.61. The second-order valence-corrected chi connectivity index (χ2v) is 7.62. The van der Waals surface area contributed by atoms with E-state index in [0.717, 1.165) is 15.9 Å². The van der Waals surface area contributed by atoms with E-state index in [1.54, 1.807) is 17.0 Å². The fourth-order valence-electron chi connectivity index (χ4n) is 2.63. The molecule has 0 fully saturated rings. The second kappa shape index (κ2) is 7.68. The summed E-state index contributed by atoms with van der Waals surface area (Å²) in [6, 6.07) is 0. The van der Waals surface area contributed by atoms with Crippen molar-refractivity contribution >= 4 is 56.0 Å². The number of aromatic nitrogens is 3. The average Bonchev–Trinajstić information content (AvgIpc) is 3.28. The number of aryl methyl sites for hydroxylation is 1. The van der Waals surface area contributed by atoms with Gasteiger partial charge in [0.25, 0.3) is 5.91 Å². The molecule has 0 aromatic carbocycles. The van der Waals surface area contributed by atoms with Gasteiger partial charge in [-0.15, -0.1) is 22.7 Å². The van der Waals surface area contributed by atoms with Gasteiger partial charge in [0, 0.05) is 36.3 Å². The summed E-state index contributed by atoms with van der Waals surface area (Å²) in [6.07, 6.45) is 4.33. The molecule has 0 saturated carbocycles. The predicted octanol–water partition coefficient (Wildman–Crippen LogP) is 1.64. The number of amides is 1. The number of hydrogen-bond donors (Lipinski definition) is 5. The zero-order valence-electron chi connectivity index (χ0n) is 14.4. The van der Waals surface area contributed by atoms with Gasteiger partial charge in [-0.05, 0) is 12.3 Å². The molecule has 3 rings (SSSR count). The number of hydrogen-bond acceptors (Lipinski definition) is 9. The summed E-state index contributed by atoms with van der Waals surface area (Å²) in [5.74, 6) is -0.312. The van der Waals surface area contributed by atoms with E-state index < -0.39 is 0 Å². The number of anilines is 1. The molecular weight excluding hydrogens is 384 g/mol. The highest BCUT2D eigenvalue weighted by Crippen LogP contribution is 2.30. The van der Waals surface area contributed by atoms with Gasteiger partial charge in [0.1, 0.15) is 10.7 Å². The van der Waals surface area contributed by atoms with E-state index in [0.29, 0.717) is 39.9 Å². The molecule has 140 valence electrons. The Morgan fingerprint density at radius 1 is 1.44 bits per heavy atom. The van der Waals surface area contributed by atoms with E-state index in [9.17, 15) is 4.79 Å². The number of rotatable bonds is 7. The molecule has 0 radical (unpaired) electrons. The van der Waals surface area contributed by atoms with Crippen molar-refractivity contribution < 1.29 is 4.79 Å². The number of nitrogen functional groups attached to an aromatic ring is 1. The van der Waals surface area contributed by atoms with Crippen LogP contribution in [0.3, 0.4) is 0 Å². The summed E-state index contributed by atoms with van der Waals surface area (Å²) < 4.78 is 2.41. The number of nitrogens with two attached hydrogens (primary N) is 2. The van der Waals surface area contributed by atoms with Gasteiger partial charge in [0.15, 0.2) is 10.8 Å². The van der Waals surface area contributed by atoms with Crippen molar-refractivity contribution in [2.75, 3.05) is 5.73 Å². The molecule has 9 nitrogen and oxygen atoms in total. The Morgan fingerprint density at radius 3 is 2.85 bits per heavy atom. The minimum absolute atomic E-state index is 0.254. The molecule has 0 aliphatic heterocycles. The minimum atomic E-state index is -0.312. The molecule has 0 spiro atoms. The normalized spacial score (nSPS) is 11.3. The smallest absolute Gasteiger partial charge is 0.269 e. The molecule has 0 aliphatic carbocycles. The first-order valence-electron chi connectivity index (χ1n) is 7.87. The van der Waals surface area contributed by atoms with E-state index in [1.807, 2.05) is 0 Å². The molecule has 0 unspecified atom stereocenters. The number of nitrogens with one attached hydrogen (secondary N) is 3. The van der Waals surface area contributed by atoms with Crippen LogP contribution in [-0.4, -0.2) is 32.4 Å². The van der Waals surface area contributed by atoms with Crippen molar-refractivity contribution in [2.24, 2.45) is 12.8 Å². The number of fused-ring (bicyclic) bond motifs is 1.